The number of benzene rings is 3. The lowest BCUT2D eigenvalue weighted by Gasteiger charge is -2.37. The lowest BCUT2D eigenvalue weighted by molar-refractivity contribution is 0.171. The van der Waals surface area contributed by atoms with E-state index in [0.717, 1.165) is 67.1 Å². The van der Waals surface area contributed by atoms with E-state index in [-0.39, 0.29) is 4.90 Å². The van der Waals surface area contributed by atoms with Gasteiger partial charge >= 0.3 is 0 Å². The number of para-hydroxylation sites is 1. The van der Waals surface area contributed by atoms with Crippen molar-refractivity contribution in [1.82, 2.24) is 9.62 Å². The summed E-state index contributed by atoms with van der Waals surface area (Å²) in [4.78, 5) is 4.98. The van der Waals surface area contributed by atoms with Crippen LogP contribution in [0.2, 0.25) is 5.02 Å². The molecule has 2 aliphatic rings. The molecule has 1 N–H and O–H groups in total. The summed E-state index contributed by atoms with van der Waals surface area (Å²) in [6.07, 6.45) is 0.750. The van der Waals surface area contributed by atoms with Crippen molar-refractivity contribution in [2.45, 2.75) is 11.3 Å². The van der Waals surface area contributed by atoms with Crippen molar-refractivity contribution in [2.24, 2.45) is 0 Å². The molecule has 0 bridgehead atoms. The summed E-state index contributed by atoms with van der Waals surface area (Å²) in [5.74, 6) is 1.65. The predicted molar refractivity (Wildman–Crippen MR) is 135 cm³/mol. The topological polar surface area (TPSA) is 71.1 Å². The first-order chi connectivity index (χ1) is 16.5. The zero-order valence-electron chi connectivity index (χ0n) is 18.9. The highest BCUT2D eigenvalue weighted by molar-refractivity contribution is 7.89. The van der Waals surface area contributed by atoms with Crippen molar-refractivity contribution in [2.75, 3.05) is 57.4 Å². The van der Waals surface area contributed by atoms with Crippen LogP contribution < -0.4 is 19.1 Å². The van der Waals surface area contributed by atoms with Crippen molar-refractivity contribution in [3.8, 4) is 11.5 Å². The van der Waals surface area contributed by atoms with Crippen LogP contribution in [0.15, 0.2) is 59.5 Å². The number of anilines is 1. The molecule has 2 heterocycles. The third-order valence-corrected chi connectivity index (χ3v) is 7.98. The molecule has 0 unspecified atom stereocenters. The summed E-state index contributed by atoms with van der Waals surface area (Å²) in [7, 11) is -3.55. The molecule has 0 aliphatic carbocycles. The second-order valence-electron chi connectivity index (χ2n) is 8.53. The zero-order chi connectivity index (χ0) is 23.5. The number of rotatable bonds is 7. The summed E-state index contributed by atoms with van der Waals surface area (Å²) in [6, 6.07) is 16.6. The van der Waals surface area contributed by atoms with Gasteiger partial charge in [-0.1, -0.05) is 29.8 Å². The molecule has 0 aromatic heterocycles. The lowest BCUT2D eigenvalue weighted by Crippen LogP contribution is -2.47. The van der Waals surface area contributed by atoms with Crippen LogP contribution in [0.3, 0.4) is 0 Å². The fourth-order valence-corrected chi connectivity index (χ4v) is 5.76. The molecule has 180 valence electrons. The molecule has 34 heavy (non-hydrogen) atoms. The molecule has 9 heteroatoms. The zero-order valence-corrected chi connectivity index (χ0v) is 20.4. The van der Waals surface area contributed by atoms with Gasteiger partial charge in [0.25, 0.3) is 0 Å². The normalized spacial score (nSPS) is 16.7. The summed E-state index contributed by atoms with van der Waals surface area (Å²) < 4.78 is 39.8. The van der Waals surface area contributed by atoms with Gasteiger partial charge in [-0.25, -0.2) is 13.1 Å². The van der Waals surface area contributed by atoms with Gasteiger partial charge in [0.05, 0.1) is 10.6 Å². The van der Waals surface area contributed by atoms with Crippen molar-refractivity contribution >= 4 is 38.1 Å². The number of fused-ring (bicyclic) bond motifs is 2. The highest BCUT2D eigenvalue weighted by atomic mass is 35.5. The number of hydrogen-bond donors (Lipinski definition) is 1. The molecule has 0 spiro atoms. The number of nitrogens with one attached hydrogen (secondary N) is 1. The number of nitrogens with zero attached hydrogens (tertiary/aromatic N) is 2. The molecule has 7 nitrogen and oxygen atoms in total. The van der Waals surface area contributed by atoms with Gasteiger partial charge in [-0.3, -0.25) is 4.90 Å². The molecule has 0 saturated carbocycles. The Balaban J connectivity index is 1.10. The highest BCUT2D eigenvalue weighted by Gasteiger charge is 2.23. The van der Waals surface area contributed by atoms with E-state index in [1.807, 2.05) is 24.3 Å². The van der Waals surface area contributed by atoms with Crippen molar-refractivity contribution < 1.29 is 17.9 Å². The van der Waals surface area contributed by atoms with E-state index in [1.54, 1.807) is 24.3 Å². The van der Waals surface area contributed by atoms with E-state index < -0.39 is 10.0 Å². The Morgan fingerprint density at radius 3 is 2.53 bits per heavy atom. The summed E-state index contributed by atoms with van der Waals surface area (Å²) in [6.45, 7) is 6.04. The van der Waals surface area contributed by atoms with Gasteiger partial charge in [0, 0.05) is 37.7 Å². The third-order valence-electron chi connectivity index (χ3n) is 6.29. The van der Waals surface area contributed by atoms with E-state index >= 15 is 0 Å². The minimum absolute atomic E-state index is 0.272. The van der Waals surface area contributed by atoms with Gasteiger partial charge in [-0.15, -0.1) is 0 Å². The van der Waals surface area contributed by atoms with Crippen LogP contribution in [0.5, 0.6) is 11.5 Å². The fourth-order valence-electron chi connectivity index (χ4n) is 4.47. The van der Waals surface area contributed by atoms with Crippen molar-refractivity contribution in [3.63, 3.8) is 0 Å². The Kier molecular flexibility index (Phi) is 6.83. The third kappa shape index (κ3) is 5.10. The maximum absolute atomic E-state index is 12.7. The van der Waals surface area contributed by atoms with E-state index in [9.17, 15) is 8.42 Å². The number of halogens is 1. The van der Waals surface area contributed by atoms with E-state index in [1.165, 1.54) is 0 Å². The molecular weight excluding hydrogens is 474 g/mol. The molecule has 0 radical (unpaired) electrons. The van der Waals surface area contributed by atoms with Crippen molar-refractivity contribution in [3.05, 3.63) is 59.6 Å². The Morgan fingerprint density at radius 2 is 1.68 bits per heavy atom. The average molecular weight is 502 g/mol. The molecule has 3 aromatic rings. The molecule has 2 aliphatic heterocycles. The van der Waals surface area contributed by atoms with E-state index in [2.05, 4.69) is 20.6 Å². The largest absolute Gasteiger partial charge is 0.486 e. The van der Waals surface area contributed by atoms with Crippen LogP contribution >= 0.6 is 11.6 Å². The van der Waals surface area contributed by atoms with Gasteiger partial charge in [-0.05, 0) is 60.1 Å². The Morgan fingerprint density at radius 1 is 0.912 bits per heavy atom. The van der Waals surface area contributed by atoms with Gasteiger partial charge < -0.3 is 14.4 Å². The van der Waals surface area contributed by atoms with Gasteiger partial charge in [0.1, 0.15) is 13.2 Å². The molecule has 0 atom stereocenters. The van der Waals surface area contributed by atoms with Crippen LogP contribution in [0, 0.1) is 0 Å². The SMILES string of the molecule is O=S(=O)(NCCCN1CCN(c2cccc3c2OCCO3)CC1)c1ccc2cc(Cl)ccc2c1. The maximum atomic E-state index is 12.7. The Hall–Kier alpha value is -2.52. The van der Waals surface area contributed by atoms with Gasteiger partial charge in [0.15, 0.2) is 11.5 Å². The smallest absolute Gasteiger partial charge is 0.240 e. The van der Waals surface area contributed by atoms with Crippen LogP contribution in [0.1, 0.15) is 6.42 Å². The summed E-state index contributed by atoms with van der Waals surface area (Å²) in [5.41, 5.74) is 1.09. The first-order valence-corrected chi connectivity index (χ1v) is 13.4. The Labute approximate surface area is 205 Å². The molecule has 1 fully saturated rings. The number of hydrogen-bond acceptors (Lipinski definition) is 6. The maximum Gasteiger partial charge on any atom is 0.240 e. The minimum Gasteiger partial charge on any atom is -0.486 e. The van der Waals surface area contributed by atoms with Crippen LogP contribution in [0.25, 0.3) is 10.8 Å². The average Bonchev–Trinajstić information content (AvgIpc) is 2.86. The molecule has 5 rings (SSSR count). The summed E-state index contributed by atoms with van der Waals surface area (Å²) in [5, 5.41) is 2.40. The summed E-state index contributed by atoms with van der Waals surface area (Å²) >= 11 is 6.02. The molecule has 0 amide bonds. The van der Waals surface area contributed by atoms with Gasteiger partial charge in [-0.2, -0.15) is 0 Å². The highest BCUT2D eigenvalue weighted by Crippen LogP contribution is 2.39. The first kappa shape index (κ1) is 23.2. The van der Waals surface area contributed by atoms with Crippen LogP contribution in [-0.2, 0) is 10.0 Å². The molecule has 3 aromatic carbocycles. The molecular formula is C25H28ClN3O4S. The van der Waals surface area contributed by atoms with Crippen LogP contribution in [0.4, 0.5) is 5.69 Å². The Bertz CT molecular complexity index is 1280. The lowest BCUT2D eigenvalue weighted by atomic mass is 10.1. The number of sulfonamides is 1. The standard InChI is InChI=1S/C25H28ClN3O4S/c26-21-7-5-20-18-22(8-6-19(20)17-21)34(30,31)27-9-2-10-28-11-13-29(14-12-28)23-3-1-4-24-25(23)33-16-15-32-24/h1,3-8,17-18,27H,2,9-16H2. The minimum atomic E-state index is -3.55. The first-order valence-electron chi connectivity index (χ1n) is 11.5. The predicted octanol–water partition coefficient (Wildman–Crippen LogP) is 3.76. The number of ether oxygens (including phenoxy) is 2. The second-order valence-corrected chi connectivity index (χ2v) is 10.7. The van der Waals surface area contributed by atoms with Crippen LogP contribution in [-0.4, -0.2) is 65.8 Å². The fraction of sp³-hybridized carbons (Fsp3) is 0.360. The van der Waals surface area contributed by atoms with Crippen molar-refractivity contribution in [1.29, 1.82) is 0 Å². The van der Waals surface area contributed by atoms with E-state index in [4.69, 9.17) is 21.1 Å². The second kappa shape index (κ2) is 10.00. The van der Waals surface area contributed by atoms with E-state index in [0.29, 0.717) is 24.8 Å². The quantitative estimate of drug-likeness (QED) is 0.497. The monoisotopic (exact) mass is 501 g/mol. The number of piperazine rings is 1. The molecule has 1 saturated heterocycles. The van der Waals surface area contributed by atoms with Gasteiger partial charge in [0.2, 0.25) is 10.0 Å².